The molecule has 1 atom stereocenters. The molecule has 7 nitrogen and oxygen atoms in total. The minimum absolute atomic E-state index is 0.377. The molecule has 3 amide bonds. The number of imide groups is 1. The lowest BCUT2D eigenvalue weighted by atomic mass is 10.0. The molecular weight excluding hydrogens is 312 g/mol. The van der Waals surface area contributed by atoms with E-state index >= 15 is 0 Å². The zero-order valence-corrected chi connectivity index (χ0v) is 15.7. The van der Waals surface area contributed by atoms with E-state index in [0.29, 0.717) is 17.9 Å². The summed E-state index contributed by atoms with van der Waals surface area (Å²) in [5, 5.41) is 0.595. The van der Waals surface area contributed by atoms with Crippen LogP contribution in [0.5, 0.6) is 0 Å². The van der Waals surface area contributed by atoms with Crippen molar-refractivity contribution in [3.8, 4) is 0 Å². The van der Waals surface area contributed by atoms with Crippen molar-refractivity contribution >= 4 is 18.1 Å². The second-order valence-electron chi connectivity index (χ2n) is 6.43. The second kappa shape index (κ2) is 10.7. The Morgan fingerprint density at radius 3 is 2.00 bits per heavy atom. The Morgan fingerprint density at radius 1 is 1.00 bits per heavy atom. The minimum Gasteiger partial charge on any atom is -0.446 e. The Labute approximate surface area is 144 Å². The third-order valence-corrected chi connectivity index (χ3v) is 2.86. The lowest BCUT2D eigenvalue weighted by Crippen LogP contribution is -2.52. The van der Waals surface area contributed by atoms with Crippen LogP contribution in [0.2, 0.25) is 0 Å². The summed E-state index contributed by atoms with van der Waals surface area (Å²) in [5.41, 5.74) is 3.32. The quantitative estimate of drug-likeness (QED) is 0.586. The van der Waals surface area contributed by atoms with Gasteiger partial charge in [0, 0.05) is 5.92 Å². The zero-order chi connectivity index (χ0) is 18.9. The highest BCUT2D eigenvalue weighted by Crippen LogP contribution is 2.12. The standard InChI is InChI=1S/C17H30N2O5/c1-11(2)9-8-10-14(7)15(20)19(17(22)24-13(5)6)18-16(21)23-12(3)4/h9,12-14H,8,10H2,1-7H3,(H,18,21). The maximum Gasteiger partial charge on any atom is 0.436 e. The summed E-state index contributed by atoms with van der Waals surface area (Å²) in [7, 11) is 0. The first-order valence-corrected chi connectivity index (χ1v) is 8.19. The number of hydrazine groups is 1. The van der Waals surface area contributed by atoms with Crippen LogP contribution in [0.3, 0.4) is 0 Å². The molecule has 1 N–H and O–H groups in total. The summed E-state index contributed by atoms with van der Waals surface area (Å²) >= 11 is 0. The summed E-state index contributed by atoms with van der Waals surface area (Å²) in [5.74, 6) is -0.997. The fraction of sp³-hybridized carbons (Fsp3) is 0.706. The molecular formula is C17H30N2O5. The molecule has 0 saturated heterocycles. The average Bonchev–Trinajstić information content (AvgIpc) is 2.41. The molecule has 0 aliphatic rings. The Morgan fingerprint density at radius 2 is 1.54 bits per heavy atom. The number of ether oxygens (including phenoxy) is 2. The highest BCUT2D eigenvalue weighted by Gasteiger charge is 2.30. The van der Waals surface area contributed by atoms with Crippen LogP contribution in [0.1, 0.15) is 61.3 Å². The van der Waals surface area contributed by atoms with Crippen LogP contribution in [-0.2, 0) is 14.3 Å². The van der Waals surface area contributed by atoms with E-state index in [9.17, 15) is 14.4 Å². The molecule has 0 heterocycles. The van der Waals surface area contributed by atoms with Crippen molar-refractivity contribution in [2.45, 2.75) is 73.5 Å². The van der Waals surface area contributed by atoms with Gasteiger partial charge in [-0.3, -0.25) is 4.79 Å². The first kappa shape index (κ1) is 21.9. The Balaban J connectivity index is 5.01. The molecule has 0 spiro atoms. The van der Waals surface area contributed by atoms with Gasteiger partial charge in [0.05, 0.1) is 12.2 Å². The van der Waals surface area contributed by atoms with Crippen LogP contribution in [0.4, 0.5) is 9.59 Å². The van der Waals surface area contributed by atoms with Gasteiger partial charge >= 0.3 is 12.2 Å². The van der Waals surface area contributed by atoms with Crippen molar-refractivity contribution in [3.05, 3.63) is 11.6 Å². The molecule has 1 unspecified atom stereocenters. The summed E-state index contributed by atoms with van der Waals surface area (Å²) < 4.78 is 9.93. The normalized spacial score (nSPS) is 11.7. The van der Waals surface area contributed by atoms with Crippen molar-refractivity contribution in [1.82, 2.24) is 10.4 Å². The van der Waals surface area contributed by atoms with E-state index in [1.165, 1.54) is 0 Å². The Hall–Kier alpha value is -2.05. The van der Waals surface area contributed by atoms with Gasteiger partial charge in [-0.2, -0.15) is 0 Å². The lowest BCUT2D eigenvalue weighted by Gasteiger charge is -2.24. The van der Waals surface area contributed by atoms with Crippen molar-refractivity contribution < 1.29 is 23.9 Å². The molecule has 0 aromatic rings. The molecule has 0 saturated carbocycles. The van der Waals surface area contributed by atoms with Gasteiger partial charge in [-0.05, 0) is 54.4 Å². The van der Waals surface area contributed by atoms with Crippen LogP contribution in [0.15, 0.2) is 11.6 Å². The summed E-state index contributed by atoms with van der Waals surface area (Å²) in [6, 6.07) is 0. The molecule has 0 aliphatic heterocycles. The van der Waals surface area contributed by atoms with Crippen molar-refractivity contribution in [1.29, 1.82) is 0 Å². The van der Waals surface area contributed by atoms with E-state index < -0.39 is 30.1 Å². The highest BCUT2D eigenvalue weighted by atomic mass is 16.6. The molecule has 138 valence electrons. The van der Waals surface area contributed by atoms with Gasteiger partial charge in [0.1, 0.15) is 0 Å². The molecule has 0 aliphatic carbocycles. The van der Waals surface area contributed by atoms with Gasteiger partial charge in [-0.25, -0.2) is 15.0 Å². The number of carbonyl (C=O) groups is 3. The van der Waals surface area contributed by atoms with Gasteiger partial charge in [-0.15, -0.1) is 5.01 Å². The fourth-order valence-corrected chi connectivity index (χ4v) is 1.74. The third-order valence-electron chi connectivity index (χ3n) is 2.86. The topological polar surface area (TPSA) is 84.9 Å². The van der Waals surface area contributed by atoms with E-state index in [2.05, 4.69) is 5.43 Å². The van der Waals surface area contributed by atoms with Gasteiger partial charge in [-0.1, -0.05) is 18.6 Å². The van der Waals surface area contributed by atoms with Crippen LogP contribution in [-0.4, -0.2) is 35.3 Å². The number of hydrogen-bond acceptors (Lipinski definition) is 5. The van der Waals surface area contributed by atoms with Crippen molar-refractivity contribution in [3.63, 3.8) is 0 Å². The predicted molar refractivity (Wildman–Crippen MR) is 91.0 cm³/mol. The van der Waals surface area contributed by atoms with E-state index in [1.807, 2.05) is 19.9 Å². The summed E-state index contributed by atoms with van der Waals surface area (Å²) in [6.45, 7) is 12.3. The predicted octanol–water partition coefficient (Wildman–Crippen LogP) is 3.79. The molecule has 0 radical (unpaired) electrons. The molecule has 0 aromatic carbocycles. The van der Waals surface area contributed by atoms with Crippen LogP contribution >= 0.6 is 0 Å². The largest absolute Gasteiger partial charge is 0.446 e. The Bertz CT molecular complexity index is 468. The summed E-state index contributed by atoms with van der Waals surface area (Å²) in [6.07, 6.45) is 0.672. The number of nitrogens with zero attached hydrogens (tertiary/aromatic N) is 1. The molecule has 7 heteroatoms. The summed E-state index contributed by atoms with van der Waals surface area (Å²) in [4.78, 5) is 36.3. The smallest absolute Gasteiger partial charge is 0.436 e. The number of allylic oxidation sites excluding steroid dienone is 2. The Kier molecular flexibility index (Phi) is 9.76. The van der Waals surface area contributed by atoms with Crippen LogP contribution < -0.4 is 5.43 Å². The molecule has 0 fully saturated rings. The maximum absolute atomic E-state index is 12.5. The maximum atomic E-state index is 12.5. The first-order chi connectivity index (χ1) is 11.0. The van der Waals surface area contributed by atoms with Crippen LogP contribution in [0, 0.1) is 5.92 Å². The van der Waals surface area contributed by atoms with E-state index in [-0.39, 0.29) is 6.10 Å². The molecule has 0 bridgehead atoms. The monoisotopic (exact) mass is 342 g/mol. The van der Waals surface area contributed by atoms with Gasteiger partial charge in [0.25, 0.3) is 5.91 Å². The van der Waals surface area contributed by atoms with Gasteiger partial charge in [0.15, 0.2) is 0 Å². The fourth-order valence-electron chi connectivity index (χ4n) is 1.74. The van der Waals surface area contributed by atoms with E-state index in [0.717, 1.165) is 5.57 Å². The lowest BCUT2D eigenvalue weighted by molar-refractivity contribution is -0.136. The van der Waals surface area contributed by atoms with Crippen LogP contribution in [0.25, 0.3) is 0 Å². The second-order valence-corrected chi connectivity index (χ2v) is 6.43. The third kappa shape index (κ3) is 9.17. The SMILES string of the molecule is CC(C)=CCCC(C)C(=O)N(NC(=O)OC(C)C)C(=O)OC(C)C. The molecule has 24 heavy (non-hydrogen) atoms. The van der Waals surface area contributed by atoms with Gasteiger partial charge < -0.3 is 9.47 Å². The van der Waals surface area contributed by atoms with Gasteiger partial charge in [0.2, 0.25) is 0 Å². The highest BCUT2D eigenvalue weighted by molar-refractivity contribution is 5.94. The number of carbonyl (C=O) groups excluding carboxylic acids is 3. The number of nitrogens with one attached hydrogen (secondary N) is 1. The van der Waals surface area contributed by atoms with E-state index in [1.54, 1.807) is 34.6 Å². The average molecular weight is 342 g/mol. The van der Waals surface area contributed by atoms with Crippen molar-refractivity contribution in [2.75, 3.05) is 0 Å². The number of amides is 3. The first-order valence-electron chi connectivity index (χ1n) is 8.19. The minimum atomic E-state index is -0.926. The molecule has 0 rings (SSSR count). The zero-order valence-electron chi connectivity index (χ0n) is 15.7. The van der Waals surface area contributed by atoms with E-state index in [4.69, 9.17) is 9.47 Å². The number of hydrogen-bond donors (Lipinski definition) is 1. The number of rotatable bonds is 6. The van der Waals surface area contributed by atoms with Crippen molar-refractivity contribution in [2.24, 2.45) is 5.92 Å². The molecule has 0 aromatic heterocycles.